The van der Waals surface area contributed by atoms with E-state index in [2.05, 4.69) is 81.8 Å². The van der Waals surface area contributed by atoms with Crippen molar-refractivity contribution >= 4 is 5.91 Å². The number of amides is 1. The summed E-state index contributed by atoms with van der Waals surface area (Å²) in [7, 11) is 0. The molecule has 0 aromatic heterocycles. The van der Waals surface area contributed by atoms with Gasteiger partial charge in [0.05, 0.1) is 0 Å². The van der Waals surface area contributed by atoms with E-state index in [1.165, 1.54) is 61.9 Å². The van der Waals surface area contributed by atoms with E-state index in [-0.39, 0.29) is 5.91 Å². The Labute approximate surface area is 216 Å². The summed E-state index contributed by atoms with van der Waals surface area (Å²) < 4.78 is 0. The zero-order valence-electron chi connectivity index (χ0n) is 21.4. The molecule has 0 atom stereocenters. The van der Waals surface area contributed by atoms with Crippen LogP contribution in [-0.2, 0) is 26.1 Å². The van der Waals surface area contributed by atoms with Crippen molar-refractivity contribution in [1.29, 1.82) is 0 Å². The summed E-state index contributed by atoms with van der Waals surface area (Å²) in [6.45, 7) is 7.28. The molecule has 0 radical (unpaired) electrons. The second-order valence-corrected chi connectivity index (χ2v) is 10.6. The number of nitrogens with one attached hydrogen (secondary N) is 1. The van der Waals surface area contributed by atoms with Crippen molar-refractivity contribution in [2.75, 3.05) is 26.2 Å². The third-order valence-electron chi connectivity index (χ3n) is 7.78. The summed E-state index contributed by atoms with van der Waals surface area (Å²) in [6.07, 6.45) is 6.35. The number of nitrogens with zero attached hydrogens (tertiary/aromatic N) is 2. The molecule has 0 aliphatic carbocycles. The van der Waals surface area contributed by atoms with Crippen LogP contribution in [0.4, 0.5) is 0 Å². The molecule has 3 aromatic rings. The maximum absolute atomic E-state index is 12.7. The predicted octanol–water partition coefficient (Wildman–Crippen LogP) is 5.67. The van der Waals surface area contributed by atoms with Crippen LogP contribution in [0.25, 0.3) is 0 Å². The second-order valence-electron chi connectivity index (χ2n) is 10.6. The molecule has 36 heavy (non-hydrogen) atoms. The predicted molar refractivity (Wildman–Crippen MR) is 147 cm³/mol. The van der Waals surface area contributed by atoms with Crippen molar-refractivity contribution in [3.8, 4) is 0 Å². The highest BCUT2D eigenvalue weighted by Gasteiger charge is 2.19. The first-order valence-electron chi connectivity index (χ1n) is 13.6. The first-order chi connectivity index (χ1) is 17.7. The molecule has 0 bridgehead atoms. The molecule has 0 saturated carbocycles. The Bertz CT molecular complexity index is 1080. The number of likely N-dealkylation sites (tertiary alicyclic amines) is 2. The molecule has 2 saturated heterocycles. The van der Waals surface area contributed by atoms with Crippen molar-refractivity contribution in [2.45, 2.75) is 51.7 Å². The van der Waals surface area contributed by atoms with Gasteiger partial charge in [-0.25, -0.2) is 0 Å². The number of piperidine rings is 1. The van der Waals surface area contributed by atoms with Crippen molar-refractivity contribution in [1.82, 2.24) is 15.1 Å². The largest absolute Gasteiger partial charge is 0.348 e. The Balaban J connectivity index is 1.04. The zero-order chi connectivity index (χ0) is 24.6. The summed E-state index contributed by atoms with van der Waals surface area (Å²) in [5.41, 5.74) is 5.95. The maximum atomic E-state index is 12.7. The first kappa shape index (κ1) is 24.7. The summed E-state index contributed by atoms with van der Waals surface area (Å²) in [5.74, 6) is 0.778. The Kier molecular flexibility index (Phi) is 8.47. The van der Waals surface area contributed by atoms with Crippen molar-refractivity contribution in [2.24, 2.45) is 5.92 Å². The summed E-state index contributed by atoms with van der Waals surface area (Å²) in [6, 6.07) is 27.7. The number of carbonyl (C=O) groups is 1. The zero-order valence-corrected chi connectivity index (χ0v) is 21.4. The minimum absolute atomic E-state index is 0.00980. The average molecular weight is 482 g/mol. The van der Waals surface area contributed by atoms with E-state index in [1.54, 1.807) is 0 Å². The van der Waals surface area contributed by atoms with Gasteiger partial charge in [-0.2, -0.15) is 0 Å². The van der Waals surface area contributed by atoms with Crippen molar-refractivity contribution < 1.29 is 4.79 Å². The molecule has 0 spiro atoms. The fraction of sp³-hybridized carbons (Fsp3) is 0.406. The molecule has 1 amide bonds. The molecule has 3 aromatic carbocycles. The van der Waals surface area contributed by atoms with Crippen LogP contribution >= 0.6 is 0 Å². The molecule has 0 unspecified atom stereocenters. The van der Waals surface area contributed by atoms with Crippen LogP contribution in [0.5, 0.6) is 0 Å². The van der Waals surface area contributed by atoms with Crippen molar-refractivity contribution in [3.63, 3.8) is 0 Å². The number of benzene rings is 3. The number of hydrogen-bond acceptors (Lipinski definition) is 3. The van der Waals surface area contributed by atoms with Gasteiger partial charge in [0.1, 0.15) is 0 Å². The van der Waals surface area contributed by atoms with Crippen LogP contribution in [0.2, 0.25) is 0 Å². The van der Waals surface area contributed by atoms with Crippen LogP contribution < -0.4 is 5.32 Å². The van der Waals surface area contributed by atoms with E-state index in [4.69, 9.17) is 0 Å². The SMILES string of the molecule is O=C(NCc1ccc(CN2CCCC2)cc1)c1ccc(CN2CCC(Cc3ccccc3)CC2)cc1. The van der Waals surface area contributed by atoms with Crippen LogP contribution in [0, 0.1) is 5.92 Å². The molecule has 1 N–H and O–H groups in total. The third kappa shape index (κ3) is 7.05. The molecule has 5 rings (SSSR count). The van der Waals surface area contributed by atoms with Crippen LogP contribution in [0.15, 0.2) is 78.9 Å². The van der Waals surface area contributed by atoms with E-state index in [0.29, 0.717) is 6.54 Å². The first-order valence-corrected chi connectivity index (χ1v) is 13.6. The lowest BCUT2D eigenvalue weighted by molar-refractivity contribution is 0.0951. The van der Waals surface area contributed by atoms with Crippen LogP contribution in [0.3, 0.4) is 0 Å². The topological polar surface area (TPSA) is 35.6 Å². The summed E-state index contributed by atoms with van der Waals surface area (Å²) in [5, 5.41) is 3.07. The van der Waals surface area contributed by atoms with Gasteiger partial charge in [0.25, 0.3) is 5.91 Å². The monoisotopic (exact) mass is 481 g/mol. The molecular formula is C32H39N3O. The normalized spacial score (nSPS) is 17.3. The minimum Gasteiger partial charge on any atom is -0.348 e. The van der Waals surface area contributed by atoms with Gasteiger partial charge in [0.2, 0.25) is 0 Å². The average Bonchev–Trinajstić information content (AvgIpc) is 3.43. The van der Waals surface area contributed by atoms with E-state index < -0.39 is 0 Å². The van der Waals surface area contributed by atoms with Gasteiger partial charge in [0.15, 0.2) is 0 Å². The second kappa shape index (κ2) is 12.3. The highest BCUT2D eigenvalue weighted by Crippen LogP contribution is 2.23. The van der Waals surface area contributed by atoms with Gasteiger partial charge in [-0.1, -0.05) is 66.7 Å². The summed E-state index contributed by atoms with van der Waals surface area (Å²) >= 11 is 0. The number of rotatable bonds is 9. The Morgan fingerprint density at radius 3 is 1.86 bits per heavy atom. The Morgan fingerprint density at radius 2 is 1.22 bits per heavy atom. The van der Waals surface area contributed by atoms with Gasteiger partial charge in [-0.05, 0) is 98.6 Å². The van der Waals surface area contributed by atoms with Gasteiger partial charge in [-0.15, -0.1) is 0 Å². The quantitative estimate of drug-likeness (QED) is 0.428. The van der Waals surface area contributed by atoms with Crippen LogP contribution in [0.1, 0.15) is 58.3 Å². The standard InChI is InChI=1S/C32H39N3O/c36-32(33-23-28-8-10-29(11-9-28)24-34-18-4-5-19-34)31-14-12-30(13-15-31)25-35-20-16-27(17-21-35)22-26-6-2-1-3-7-26/h1-3,6-15,27H,4-5,16-25H2,(H,33,36). The molecule has 2 aliphatic heterocycles. The van der Waals surface area contributed by atoms with E-state index in [9.17, 15) is 4.79 Å². The minimum atomic E-state index is -0.00980. The van der Waals surface area contributed by atoms with Gasteiger partial charge in [0, 0.05) is 25.2 Å². The number of carbonyl (C=O) groups excluding carboxylic acids is 1. The van der Waals surface area contributed by atoms with Crippen molar-refractivity contribution in [3.05, 3.63) is 107 Å². The molecule has 4 heteroatoms. The lowest BCUT2D eigenvalue weighted by atomic mass is 9.90. The Morgan fingerprint density at radius 1 is 0.667 bits per heavy atom. The highest BCUT2D eigenvalue weighted by atomic mass is 16.1. The lowest BCUT2D eigenvalue weighted by Gasteiger charge is -2.32. The molecule has 2 heterocycles. The maximum Gasteiger partial charge on any atom is 0.251 e. The van der Waals surface area contributed by atoms with Gasteiger partial charge >= 0.3 is 0 Å². The van der Waals surface area contributed by atoms with E-state index in [0.717, 1.165) is 43.2 Å². The van der Waals surface area contributed by atoms with E-state index in [1.807, 2.05) is 12.1 Å². The Hall–Kier alpha value is -2.95. The highest BCUT2D eigenvalue weighted by molar-refractivity contribution is 5.94. The molecule has 2 fully saturated rings. The van der Waals surface area contributed by atoms with Gasteiger partial charge < -0.3 is 5.32 Å². The molecule has 4 nitrogen and oxygen atoms in total. The van der Waals surface area contributed by atoms with Gasteiger partial charge in [-0.3, -0.25) is 14.6 Å². The van der Waals surface area contributed by atoms with E-state index >= 15 is 0 Å². The molecular weight excluding hydrogens is 442 g/mol. The smallest absolute Gasteiger partial charge is 0.251 e. The summed E-state index contributed by atoms with van der Waals surface area (Å²) in [4.78, 5) is 17.7. The lowest BCUT2D eigenvalue weighted by Crippen LogP contribution is -2.33. The molecule has 2 aliphatic rings. The fourth-order valence-corrected chi connectivity index (χ4v) is 5.56. The number of hydrogen-bond donors (Lipinski definition) is 1. The third-order valence-corrected chi connectivity index (χ3v) is 7.78. The fourth-order valence-electron chi connectivity index (χ4n) is 5.56. The van der Waals surface area contributed by atoms with Crippen LogP contribution in [-0.4, -0.2) is 41.9 Å². The molecule has 188 valence electrons.